The average Bonchev–Trinajstić information content (AvgIpc) is 2.72. The van der Waals surface area contributed by atoms with Crippen molar-refractivity contribution in [3.8, 4) is 5.75 Å². The number of benzene rings is 2. The number of esters is 1. The molecule has 0 atom stereocenters. The third-order valence-electron chi connectivity index (χ3n) is 4.42. The Kier molecular flexibility index (Phi) is 6.67. The molecule has 0 spiro atoms. The van der Waals surface area contributed by atoms with Crippen molar-refractivity contribution >= 4 is 34.4 Å². The lowest BCUT2D eigenvalue weighted by molar-refractivity contribution is -0.124. The van der Waals surface area contributed by atoms with E-state index in [1.165, 1.54) is 0 Å². The quantitative estimate of drug-likeness (QED) is 0.598. The molecule has 6 nitrogen and oxygen atoms in total. The monoisotopic (exact) mass is 412 g/mol. The predicted octanol–water partition coefficient (Wildman–Crippen LogP) is 3.72. The fourth-order valence-electron chi connectivity index (χ4n) is 2.83. The first-order valence-electron chi connectivity index (χ1n) is 9.10. The molecule has 0 aliphatic carbocycles. The van der Waals surface area contributed by atoms with E-state index in [1.807, 2.05) is 18.2 Å². The molecule has 0 unspecified atom stereocenters. The van der Waals surface area contributed by atoms with Gasteiger partial charge in [-0.3, -0.25) is 9.78 Å². The highest BCUT2D eigenvalue weighted by atomic mass is 35.5. The van der Waals surface area contributed by atoms with Crippen molar-refractivity contribution in [1.82, 2.24) is 10.3 Å². The number of aromatic nitrogens is 1. The van der Waals surface area contributed by atoms with Gasteiger partial charge in [0, 0.05) is 23.0 Å². The van der Waals surface area contributed by atoms with Crippen LogP contribution in [0.15, 0.2) is 48.5 Å². The molecule has 2 aromatic carbocycles. The highest BCUT2D eigenvalue weighted by Crippen LogP contribution is 2.22. The van der Waals surface area contributed by atoms with E-state index in [4.69, 9.17) is 21.1 Å². The minimum absolute atomic E-state index is 0.330. The van der Waals surface area contributed by atoms with Gasteiger partial charge in [0.15, 0.2) is 6.61 Å². The van der Waals surface area contributed by atoms with Crippen LogP contribution in [0.2, 0.25) is 5.02 Å². The number of carbonyl (C=O) groups excluding carboxylic acids is 2. The highest BCUT2D eigenvalue weighted by Gasteiger charge is 2.15. The molecule has 29 heavy (non-hydrogen) atoms. The van der Waals surface area contributed by atoms with Gasteiger partial charge in [-0.05, 0) is 49.2 Å². The van der Waals surface area contributed by atoms with Gasteiger partial charge >= 0.3 is 5.97 Å². The predicted molar refractivity (Wildman–Crippen MR) is 111 cm³/mol. The van der Waals surface area contributed by atoms with Gasteiger partial charge in [-0.2, -0.15) is 0 Å². The van der Waals surface area contributed by atoms with Gasteiger partial charge in [-0.15, -0.1) is 0 Å². The van der Waals surface area contributed by atoms with Crippen molar-refractivity contribution in [2.45, 2.75) is 13.3 Å². The SMILES string of the molecule is COc1ccc2cc(C(=O)OCC(=O)NCCc3ccc(Cl)cc3)c(C)nc2c1. The number of amides is 1. The first-order valence-corrected chi connectivity index (χ1v) is 9.47. The normalized spacial score (nSPS) is 10.6. The van der Waals surface area contributed by atoms with E-state index in [0.717, 1.165) is 16.5 Å². The van der Waals surface area contributed by atoms with Crippen LogP contribution in [0, 0.1) is 6.92 Å². The van der Waals surface area contributed by atoms with Crippen molar-refractivity contribution in [3.05, 3.63) is 70.4 Å². The molecular weight excluding hydrogens is 392 g/mol. The van der Waals surface area contributed by atoms with Crippen molar-refractivity contribution < 1.29 is 19.1 Å². The summed E-state index contributed by atoms with van der Waals surface area (Å²) in [6.07, 6.45) is 0.661. The summed E-state index contributed by atoms with van der Waals surface area (Å²) in [5.74, 6) is -0.251. The summed E-state index contributed by atoms with van der Waals surface area (Å²) >= 11 is 5.85. The summed E-state index contributed by atoms with van der Waals surface area (Å²) in [6.45, 7) is 1.82. The Balaban J connectivity index is 1.53. The minimum Gasteiger partial charge on any atom is -0.497 e. The number of nitrogens with one attached hydrogen (secondary N) is 1. The zero-order valence-electron chi connectivity index (χ0n) is 16.2. The molecule has 1 amide bonds. The van der Waals surface area contributed by atoms with E-state index >= 15 is 0 Å². The standard InChI is InChI=1S/C22H21ClN2O4/c1-14-19(11-16-5-8-18(28-2)12-20(16)25-14)22(27)29-13-21(26)24-10-9-15-3-6-17(23)7-4-15/h3-8,11-12H,9-10,13H2,1-2H3,(H,24,26). The van der Waals surface area contributed by atoms with Crippen LogP contribution in [0.25, 0.3) is 10.9 Å². The zero-order chi connectivity index (χ0) is 20.8. The Morgan fingerprint density at radius 3 is 2.59 bits per heavy atom. The zero-order valence-corrected chi connectivity index (χ0v) is 17.0. The summed E-state index contributed by atoms with van der Waals surface area (Å²) in [5.41, 5.74) is 2.63. The molecule has 1 aromatic heterocycles. The minimum atomic E-state index is -0.583. The van der Waals surface area contributed by atoms with Gasteiger partial charge in [0.05, 0.1) is 23.9 Å². The van der Waals surface area contributed by atoms with Crippen molar-refractivity contribution in [2.24, 2.45) is 0 Å². The van der Waals surface area contributed by atoms with Crippen LogP contribution >= 0.6 is 11.6 Å². The Hall–Kier alpha value is -3.12. The molecule has 150 valence electrons. The number of pyridine rings is 1. The lowest BCUT2D eigenvalue weighted by Crippen LogP contribution is -2.30. The second kappa shape index (κ2) is 9.39. The molecule has 0 fully saturated rings. The molecular formula is C22H21ClN2O4. The summed E-state index contributed by atoms with van der Waals surface area (Å²) in [4.78, 5) is 28.8. The van der Waals surface area contributed by atoms with E-state index in [-0.39, 0.29) is 12.5 Å². The number of hydrogen-bond donors (Lipinski definition) is 1. The Labute approximate surface area is 173 Å². The summed E-state index contributed by atoms with van der Waals surface area (Å²) in [6, 6.07) is 14.5. The molecule has 7 heteroatoms. The molecule has 0 bridgehead atoms. The maximum absolute atomic E-state index is 12.4. The van der Waals surface area contributed by atoms with Gasteiger partial charge in [0.25, 0.3) is 5.91 Å². The lowest BCUT2D eigenvalue weighted by Gasteiger charge is -2.09. The van der Waals surface area contributed by atoms with Crippen LogP contribution < -0.4 is 10.1 Å². The van der Waals surface area contributed by atoms with E-state index in [9.17, 15) is 9.59 Å². The van der Waals surface area contributed by atoms with Crippen LogP contribution in [0.1, 0.15) is 21.6 Å². The average molecular weight is 413 g/mol. The first-order chi connectivity index (χ1) is 14.0. The van der Waals surface area contributed by atoms with Gasteiger partial charge in [0.2, 0.25) is 0 Å². The highest BCUT2D eigenvalue weighted by molar-refractivity contribution is 6.30. The maximum Gasteiger partial charge on any atom is 0.340 e. The maximum atomic E-state index is 12.4. The van der Waals surface area contributed by atoms with Crippen molar-refractivity contribution in [1.29, 1.82) is 0 Å². The second-order valence-corrected chi connectivity index (χ2v) is 6.92. The van der Waals surface area contributed by atoms with E-state index < -0.39 is 5.97 Å². The lowest BCUT2D eigenvalue weighted by atomic mass is 10.1. The van der Waals surface area contributed by atoms with Gasteiger partial charge in [0.1, 0.15) is 5.75 Å². The van der Waals surface area contributed by atoms with Crippen molar-refractivity contribution in [2.75, 3.05) is 20.3 Å². The number of aryl methyl sites for hydroxylation is 1. The largest absolute Gasteiger partial charge is 0.497 e. The first kappa shape index (κ1) is 20.6. The topological polar surface area (TPSA) is 77.5 Å². The molecule has 0 saturated heterocycles. The Bertz CT molecular complexity index is 1030. The number of methoxy groups -OCH3 is 1. The van der Waals surface area contributed by atoms with E-state index in [1.54, 1.807) is 44.4 Å². The summed E-state index contributed by atoms with van der Waals surface area (Å²) in [5, 5.41) is 4.19. The molecule has 0 aliphatic heterocycles. The fourth-order valence-corrected chi connectivity index (χ4v) is 2.96. The number of carbonyl (C=O) groups is 2. The fraction of sp³-hybridized carbons (Fsp3) is 0.227. The molecule has 1 N–H and O–H groups in total. The smallest absolute Gasteiger partial charge is 0.340 e. The van der Waals surface area contributed by atoms with Gasteiger partial charge in [-0.1, -0.05) is 23.7 Å². The Morgan fingerprint density at radius 1 is 1.10 bits per heavy atom. The van der Waals surface area contributed by atoms with Gasteiger partial charge in [-0.25, -0.2) is 4.79 Å². The van der Waals surface area contributed by atoms with Crippen LogP contribution in [0.5, 0.6) is 5.75 Å². The third kappa shape index (κ3) is 5.45. The number of rotatable bonds is 7. The third-order valence-corrected chi connectivity index (χ3v) is 4.67. The summed E-state index contributed by atoms with van der Waals surface area (Å²) in [7, 11) is 1.58. The molecule has 0 radical (unpaired) electrons. The molecule has 3 rings (SSSR count). The number of ether oxygens (including phenoxy) is 2. The number of fused-ring (bicyclic) bond motifs is 1. The molecule has 1 heterocycles. The van der Waals surface area contributed by atoms with E-state index in [2.05, 4.69) is 10.3 Å². The molecule has 0 saturated carbocycles. The van der Waals surface area contributed by atoms with Crippen LogP contribution in [0.3, 0.4) is 0 Å². The Morgan fingerprint density at radius 2 is 1.86 bits per heavy atom. The summed E-state index contributed by atoms with van der Waals surface area (Å²) < 4.78 is 10.3. The van der Waals surface area contributed by atoms with E-state index in [0.29, 0.717) is 35.0 Å². The van der Waals surface area contributed by atoms with Crippen LogP contribution in [0.4, 0.5) is 0 Å². The number of nitrogens with zero attached hydrogens (tertiary/aromatic N) is 1. The number of hydrogen-bond acceptors (Lipinski definition) is 5. The number of halogens is 1. The van der Waals surface area contributed by atoms with Gasteiger partial charge < -0.3 is 14.8 Å². The second-order valence-electron chi connectivity index (χ2n) is 6.48. The molecule has 0 aliphatic rings. The van der Waals surface area contributed by atoms with Crippen LogP contribution in [-0.2, 0) is 16.0 Å². The van der Waals surface area contributed by atoms with Crippen LogP contribution in [-0.4, -0.2) is 37.1 Å². The van der Waals surface area contributed by atoms with Crippen molar-refractivity contribution in [3.63, 3.8) is 0 Å². The molecule has 3 aromatic rings.